The van der Waals surface area contributed by atoms with Crippen molar-refractivity contribution < 1.29 is 0 Å². The van der Waals surface area contributed by atoms with Crippen molar-refractivity contribution in [3.63, 3.8) is 0 Å². The van der Waals surface area contributed by atoms with Gasteiger partial charge in [0.1, 0.15) is 0 Å². The van der Waals surface area contributed by atoms with Crippen molar-refractivity contribution in [2.24, 2.45) is 0 Å². The smallest absolute Gasteiger partial charge is 0.166 e. The van der Waals surface area contributed by atoms with E-state index in [0.29, 0.717) is 0 Å². The zero-order valence-corrected chi connectivity index (χ0v) is 13.1. The summed E-state index contributed by atoms with van der Waals surface area (Å²) >= 11 is 10.5. The lowest BCUT2D eigenvalue weighted by molar-refractivity contribution is 1.08. The lowest BCUT2D eigenvalue weighted by Crippen LogP contribution is -1.95. The molecule has 0 fully saturated rings. The van der Waals surface area contributed by atoms with Crippen LogP contribution in [-0.2, 0) is 0 Å². The van der Waals surface area contributed by atoms with Gasteiger partial charge in [0.05, 0.1) is 5.69 Å². The molecule has 0 spiro atoms. The van der Waals surface area contributed by atoms with E-state index in [1.807, 2.05) is 30.3 Å². The van der Waals surface area contributed by atoms with Gasteiger partial charge in [-0.3, -0.25) is 4.57 Å². The highest BCUT2D eigenvalue weighted by atomic mass is 79.9. The van der Waals surface area contributed by atoms with Gasteiger partial charge in [-0.1, -0.05) is 46.3 Å². The van der Waals surface area contributed by atoms with E-state index in [4.69, 9.17) is 12.2 Å². The van der Waals surface area contributed by atoms with Crippen LogP contribution in [0.4, 0.5) is 0 Å². The van der Waals surface area contributed by atoms with Gasteiger partial charge in [0.25, 0.3) is 0 Å². The molecule has 1 nitrogen and oxygen atoms in total. The molecule has 0 saturated carbocycles. The van der Waals surface area contributed by atoms with Gasteiger partial charge in [0.15, 0.2) is 3.95 Å². The van der Waals surface area contributed by atoms with Crippen LogP contribution in [0.15, 0.2) is 64.5 Å². The van der Waals surface area contributed by atoms with Crippen LogP contribution >= 0.6 is 39.5 Å². The topological polar surface area (TPSA) is 4.93 Å². The van der Waals surface area contributed by atoms with Crippen molar-refractivity contribution in [2.75, 3.05) is 0 Å². The van der Waals surface area contributed by atoms with Gasteiger partial charge < -0.3 is 0 Å². The third-order valence-electron chi connectivity index (χ3n) is 2.85. The number of halogens is 1. The molecule has 0 unspecified atom stereocenters. The van der Waals surface area contributed by atoms with Crippen molar-refractivity contribution in [1.82, 2.24) is 4.57 Å². The molecule has 0 saturated heterocycles. The first-order valence-corrected chi connectivity index (χ1v) is 7.86. The highest BCUT2D eigenvalue weighted by Gasteiger charge is 2.08. The maximum Gasteiger partial charge on any atom is 0.166 e. The lowest BCUT2D eigenvalue weighted by atomic mass is 10.1. The third kappa shape index (κ3) is 2.56. The third-order valence-corrected chi connectivity index (χ3v) is 4.57. The summed E-state index contributed by atoms with van der Waals surface area (Å²) in [6, 6.07) is 18.5. The highest BCUT2D eigenvalue weighted by Crippen LogP contribution is 2.28. The largest absolute Gasteiger partial charge is 0.292 e. The van der Waals surface area contributed by atoms with E-state index in [1.165, 1.54) is 5.56 Å². The van der Waals surface area contributed by atoms with Crippen LogP contribution in [0.1, 0.15) is 0 Å². The molecule has 19 heavy (non-hydrogen) atoms. The molecule has 0 amide bonds. The monoisotopic (exact) mass is 347 g/mol. The van der Waals surface area contributed by atoms with Gasteiger partial charge in [-0.15, -0.1) is 11.3 Å². The van der Waals surface area contributed by atoms with Crippen molar-refractivity contribution in [3.8, 4) is 16.9 Å². The predicted octanol–water partition coefficient (Wildman–Crippen LogP) is 5.70. The van der Waals surface area contributed by atoms with Gasteiger partial charge >= 0.3 is 0 Å². The number of hydrogen-bond donors (Lipinski definition) is 0. The second kappa shape index (κ2) is 5.41. The van der Waals surface area contributed by atoms with Crippen LogP contribution < -0.4 is 0 Å². The molecule has 0 radical (unpaired) electrons. The van der Waals surface area contributed by atoms with Crippen molar-refractivity contribution in [2.45, 2.75) is 0 Å². The Morgan fingerprint density at radius 1 is 0.947 bits per heavy atom. The average Bonchev–Trinajstić information content (AvgIpc) is 2.82. The molecular weight excluding hydrogens is 338 g/mol. The quantitative estimate of drug-likeness (QED) is 0.538. The molecule has 1 aromatic heterocycles. The fourth-order valence-corrected chi connectivity index (χ4v) is 3.32. The first kappa shape index (κ1) is 12.8. The second-order valence-electron chi connectivity index (χ2n) is 4.06. The molecule has 3 rings (SSSR count). The van der Waals surface area contributed by atoms with Crippen molar-refractivity contribution >= 4 is 39.5 Å². The summed E-state index contributed by atoms with van der Waals surface area (Å²) in [5.74, 6) is 0. The Morgan fingerprint density at radius 3 is 2.32 bits per heavy atom. The molecule has 3 aromatic rings. The molecule has 4 heteroatoms. The minimum Gasteiger partial charge on any atom is -0.292 e. The lowest BCUT2D eigenvalue weighted by Gasteiger charge is -2.08. The van der Waals surface area contributed by atoms with E-state index < -0.39 is 0 Å². The van der Waals surface area contributed by atoms with Crippen LogP contribution in [0.2, 0.25) is 0 Å². The molecule has 0 N–H and O–H groups in total. The Hall–Kier alpha value is -1.23. The van der Waals surface area contributed by atoms with Crippen molar-refractivity contribution in [1.29, 1.82) is 0 Å². The zero-order valence-electron chi connectivity index (χ0n) is 9.92. The Kier molecular flexibility index (Phi) is 3.64. The van der Waals surface area contributed by atoms with Crippen LogP contribution in [0.3, 0.4) is 0 Å². The SMILES string of the molecule is S=c1scc(-c2ccc(Br)cc2)n1-c1ccccc1. The number of benzene rings is 2. The maximum absolute atomic E-state index is 5.45. The molecule has 1 heterocycles. The Bertz CT molecular complexity index is 742. The Labute approximate surface area is 129 Å². The van der Waals surface area contributed by atoms with Gasteiger partial charge in [0, 0.05) is 15.5 Å². The summed E-state index contributed by atoms with van der Waals surface area (Å²) in [5, 5.41) is 2.11. The van der Waals surface area contributed by atoms with Crippen LogP contribution in [0, 0.1) is 3.95 Å². The van der Waals surface area contributed by atoms with Gasteiger partial charge in [0.2, 0.25) is 0 Å². The average molecular weight is 348 g/mol. The summed E-state index contributed by atoms with van der Waals surface area (Å²) in [7, 11) is 0. The number of para-hydroxylation sites is 1. The predicted molar refractivity (Wildman–Crippen MR) is 87.6 cm³/mol. The normalized spacial score (nSPS) is 10.6. The van der Waals surface area contributed by atoms with Crippen LogP contribution in [0.25, 0.3) is 16.9 Å². The molecule has 0 aliphatic rings. The standard InChI is InChI=1S/C15H10BrNS2/c16-12-8-6-11(7-9-12)14-10-19-15(18)17(14)13-4-2-1-3-5-13/h1-10H. The number of rotatable bonds is 2. The van der Waals surface area contributed by atoms with Crippen LogP contribution in [0.5, 0.6) is 0 Å². The summed E-state index contributed by atoms with van der Waals surface area (Å²) in [5.41, 5.74) is 3.40. The molecule has 0 aliphatic heterocycles. The molecule has 2 aromatic carbocycles. The number of hydrogen-bond acceptors (Lipinski definition) is 2. The second-order valence-corrected chi connectivity index (χ2v) is 6.48. The van der Waals surface area contributed by atoms with Crippen LogP contribution in [-0.4, -0.2) is 4.57 Å². The minimum absolute atomic E-state index is 0.865. The molecule has 94 valence electrons. The van der Waals surface area contributed by atoms with Crippen molar-refractivity contribution in [3.05, 3.63) is 68.4 Å². The van der Waals surface area contributed by atoms with E-state index in [0.717, 1.165) is 19.8 Å². The fourth-order valence-electron chi connectivity index (χ4n) is 1.95. The molecule has 0 atom stereocenters. The number of nitrogens with zero attached hydrogens (tertiary/aromatic N) is 1. The first-order valence-electron chi connectivity index (χ1n) is 5.77. The van der Waals surface area contributed by atoms with Gasteiger partial charge in [-0.25, -0.2) is 0 Å². The van der Waals surface area contributed by atoms with E-state index in [-0.39, 0.29) is 0 Å². The number of aromatic nitrogens is 1. The minimum atomic E-state index is 0.865. The fraction of sp³-hybridized carbons (Fsp3) is 0. The summed E-state index contributed by atoms with van der Waals surface area (Å²) < 4.78 is 4.06. The number of thiazole rings is 1. The highest BCUT2D eigenvalue weighted by molar-refractivity contribution is 9.10. The molecular formula is C15H10BrNS2. The first-order chi connectivity index (χ1) is 9.25. The molecule has 0 aliphatic carbocycles. The van der Waals surface area contributed by atoms with E-state index in [9.17, 15) is 0 Å². The summed E-state index contributed by atoms with van der Waals surface area (Å²) in [6.45, 7) is 0. The van der Waals surface area contributed by atoms with Gasteiger partial charge in [-0.05, 0) is 42.0 Å². The Balaban J connectivity index is 2.19. The van der Waals surface area contributed by atoms with E-state index in [1.54, 1.807) is 11.3 Å². The summed E-state index contributed by atoms with van der Waals surface area (Å²) in [6.07, 6.45) is 0. The van der Waals surface area contributed by atoms with E-state index >= 15 is 0 Å². The Morgan fingerprint density at radius 2 is 1.63 bits per heavy atom. The summed E-state index contributed by atoms with van der Waals surface area (Å²) in [4.78, 5) is 0. The molecule has 0 bridgehead atoms. The van der Waals surface area contributed by atoms with E-state index in [2.05, 4.69) is 50.1 Å². The zero-order chi connectivity index (χ0) is 13.2. The maximum atomic E-state index is 5.45. The van der Waals surface area contributed by atoms with Gasteiger partial charge in [-0.2, -0.15) is 0 Å².